The molecule has 3 aromatic rings. The van der Waals surface area contributed by atoms with Crippen LogP contribution in [0.1, 0.15) is 35.4 Å². The molecule has 2 aromatic heterocycles. The minimum atomic E-state index is -0.638. The first-order valence-electron chi connectivity index (χ1n) is 7.41. The molecule has 1 atom stereocenters. The summed E-state index contributed by atoms with van der Waals surface area (Å²) in [6.07, 6.45) is 2.36. The fourth-order valence-corrected chi connectivity index (χ4v) is 2.57. The molecule has 23 heavy (non-hydrogen) atoms. The van der Waals surface area contributed by atoms with Crippen LogP contribution in [-0.2, 0) is 7.05 Å². The second-order valence-corrected chi connectivity index (χ2v) is 5.30. The number of carbonyl (C=O) groups excluding carboxylic acids is 1. The van der Waals surface area contributed by atoms with E-state index >= 15 is 0 Å². The second kappa shape index (κ2) is 6.08. The third-order valence-corrected chi connectivity index (χ3v) is 3.82. The summed E-state index contributed by atoms with van der Waals surface area (Å²) in [5.41, 5.74) is 0.712. The molecule has 0 bridgehead atoms. The smallest absolute Gasteiger partial charge is 0.349 e. The Labute approximate surface area is 132 Å². The number of hydrogen-bond acceptors (Lipinski definition) is 4. The molecule has 6 heteroatoms. The first kappa shape index (κ1) is 15.0. The molecule has 0 fully saturated rings. The molecule has 1 aromatic carbocycles. The maximum absolute atomic E-state index is 12.5. The van der Waals surface area contributed by atoms with Crippen molar-refractivity contribution < 1.29 is 9.21 Å². The standard InChI is InChI=1S/C17H17N3O3/c1-3-13(14-8-9-18-20(14)2)19-16(21)12-10-11-6-4-5-7-15(11)23-17(12)22/h4-10,13H,3H2,1-2H3,(H,19,21). The van der Waals surface area contributed by atoms with Crippen molar-refractivity contribution in [1.82, 2.24) is 15.1 Å². The minimum Gasteiger partial charge on any atom is -0.422 e. The number of carbonyl (C=O) groups is 1. The van der Waals surface area contributed by atoms with Gasteiger partial charge in [-0.15, -0.1) is 0 Å². The highest BCUT2D eigenvalue weighted by atomic mass is 16.4. The molecule has 0 saturated heterocycles. The van der Waals surface area contributed by atoms with E-state index in [0.29, 0.717) is 17.4 Å². The van der Waals surface area contributed by atoms with Gasteiger partial charge in [0.05, 0.1) is 11.7 Å². The average Bonchev–Trinajstić information content (AvgIpc) is 2.97. The summed E-state index contributed by atoms with van der Waals surface area (Å²) in [6.45, 7) is 1.96. The average molecular weight is 311 g/mol. The summed E-state index contributed by atoms with van der Waals surface area (Å²) in [5.74, 6) is -0.447. The van der Waals surface area contributed by atoms with Gasteiger partial charge < -0.3 is 9.73 Å². The van der Waals surface area contributed by atoms with Gasteiger partial charge in [0.1, 0.15) is 11.1 Å². The molecule has 118 valence electrons. The van der Waals surface area contributed by atoms with Crippen LogP contribution in [-0.4, -0.2) is 15.7 Å². The number of benzene rings is 1. The highest BCUT2D eigenvalue weighted by molar-refractivity contribution is 5.96. The SMILES string of the molecule is CCC(NC(=O)c1cc2ccccc2oc1=O)c1ccnn1C. The number of aryl methyl sites for hydroxylation is 1. The van der Waals surface area contributed by atoms with Gasteiger partial charge in [-0.05, 0) is 24.6 Å². The lowest BCUT2D eigenvalue weighted by atomic mass is 10.1. The Morgan fingerprint density at radius 2 is 2.13 bits per heavy atom. The van der Waals surface area contributed by atoms with Crippen molar-refractivity contribution in [3.63, 3.8) is 0 Å². The monoisotopic (exact) mass is 311 g/mol. The molecule has 0 aliphatic carbocycles. The Bertz CT molecular complexity index is 911. The molecule has 0 saturated carbocycles. The zero-order chi connectivity index (χ0) is 16.4. The molecule has 0 aliphatic rings. The van der Waals surface area contributed by atoms with Gasteiger partial charge >= 0.3 is 5.63 Å². The summed E-state index contributed by atoms with van der Waals surface area (Å²) >= 11 is 0. The first-order chi connectivity index (χ1) is 11.1. The number of amides is 1. The number of hydrogen-bond donors (Lipinski definition) is 1. The number of para-hydroxylation sites is 1. The Morgan fingerprint density at radius 3 is 2.83 bits per heavy atom. The Hall–Kier alpha value is -2.89. The quantitative estimate of drug-likeness (QED) is 0.751. The number of fused-ring (bicyclic) bond motifs is 1. The molecular weight excluding hydrogens is 294 g/mol. The number of aromatic nitrogens is 2. The van der Waals surface area contributed by atoms with Crippen LogP contribution in [0.15, 0.2) is 51.8 Å². The normalized spacial score (nSPS) is 12.3. The van der Waals surface area contributed by atoms with Crippen molar-refractivity contribution in [1.29, 1.82) is 0 Å². The molecule has 1 unspecified atom stereocenters. The van der Waals surface area contributed by atoms with Crippen LogP contribution in [0.25, 0.3) is 11.0 Å². The van der Waals surface area contributed by atoms with E-state index in [1.165, 1.54) is 0 Å². The summed E-state index contributed by atoms with van der Waals surface area (Å²) in [4.78, 5) is 24.5. The molecule has 3 rings (SSSR count). The maximum atomic E-state index is 12.5. The van der Waals surface area contributed by atoms with Gasteiger partial charge in [0, 0.05) is 18.6 Å². The van der Waals surface area contributed by atoms with E-state index in [2.05, 4.69) is 10.4 Å². The summed E-state index contributed by atoms with van der Waals surface area (Å²) in [6, 6.07) is 10.3. The second-order valence-electron chi connectivity index (χ2n) is 5.30. The summed E-state index contributed by atoms with van der Waals surface area (Å²) in [5, 5.41) is 7.69. The third-order valence-electron chi connectivity index (χ3n) is 3.82. The van der Waals surface area contributed by atoms with Crippen LogP contribution in [0.5, 0.6) is 0 Å². The van der Waals surface area contributed by atoms with E-state index in [4.69, 9.17) is 4.42 Å². The summed E-state index contributed by atoms with van der Waals surface area (Å²) < 4.78 is 6.92. The lowest BCUT2D eigenvalue weighted by molar-refractivity contribution is 0.0930. The largest absolute Gasteiger partial charge is 0.422 e. The molecule has 6 nitrogen and oxygen atoms in total. The fourth-order valence-electron chi connectivity index (χ4n) is 2.57. The molecular formula is C17H17N3O3. The van der Waals surface area contributed by atoms with Gasteiger partial charge in [0.15, 0.2) is 0 Å². The number of nitrogens with one attached hydrogen (secondary N) is 1. The van der Waals surface area contributed by atoms with Crippen molar-refractivity contribution in [3.05, 3.63) is 64.3 Å². The van der Waals surface area contributed by atoms with Gasteiger partial charge in [-0.1, -0.05) is 25.1 Å². The Balaban J connectivity index is 1.92. The lowest BCUT2D eigenvalue weighted by Crippen LogP contribution is -2.32. The van der Waals surface area contributed by atoms with Crippen molar-refractivity contribution in [2.75, 3.05) is 0 Å². The van der Waals surface area contributed by atoms with Gasteiger partial charge in [0.2, 0.25) is 0 Å². The van der Waals surface area contributed by atoms with Gasteiger partial charge in [0.25, 0.3) is 5.91 Å². The molecule has 2 heterocycles. The van der Waals surface area contributed by atoms with E-state index in [-0.39, 0.29) is 11.6 Å². The van der Waals surface area contributed by atoms with E-state index in [0.717, 1.165) is 5.69 Å². The zero-order valence-corrected chi connectivity index (χ0v) is 12.9. The highest BCUT2D eigenvalue weighted by Crippen LogP contribution is 2.17. The Kier molecular flexibility index (Phi) is 3.97. The van der Waals surface area contributed by atoms with Crippen molar-refractivity contribution in [3.8, 4) is 0 Å². The predicted octanol–water partition coefficient (Wildman–Crippen LogP) is 2.41. The molecule has 1 amide bonds. The van der Waals surface area contributed by atoms with Crippen LogP contribution < -0.4 is 10.9 Å². The summed E-state index contributed by atoms with van der Waals surface area (Å²) in [7, 11) is 1.81. The molecule has 1 N–H and O–H groups in total. The number of rotatable bonds is 4. The molecule has 0 aliphatic heterocycles. The van der Waals surface area contributed by atoms with E-state index in [1.54, 1.807) is 35.1 Å². The molecule has 0 spiro atoms. The zero-order valence-electron chi connectivity index (χ0n) is 12.9. The van der Waals surface area contributed by atoms with Gasteiger partial charge in [-0.25, -0.2) is 4.79 Å². The fraction of sp³-hybridized carbons (Fsp3) is 0.235. The van der Waals surface area contributed by atoms with Gasteiger partial charge in [-0.3, -0.25) is 9.48 Å². The van der Waals surface area contributed by atoms with Crippen LogP contribution in [0.4, 0.5) is 0 Å². The van der Waals surface area contributed by atoms with E-state index in [1.807, 2.05) is 26.1 Å². The highest BCUT2D eigenvalue weighted by Gasteiger charge is 2.19. The van der Waals surface area contributed by atoms with Crippen molar-refractivity contribution in [2.24, 2.45) is 7.05 Å². The first-order valence-corrected chi connectivity index (χ1v) is 7.41. The predicted molar refractivity (Wildman–Crippen MR) is 86.2 cm³/mol. The van der Waals surface area contributed by atoms with E-state index < -0.39 is 11.5 Å². The van der Waals surface area contributed by atoms with Crippen molar-refractivity contribution in [2.45, 2.75) is 19.4 Å². The Morgan fingerprint density at radius 1 is 1.35 bits per heavy atom. The van der Waals surface area contributed by atoms with Gasteiger partial charge in [-0.2, -0.15) is 5.10 Å². The third kappa shape index (κ3) is 2.88. The maximum Gasteiger partial charge on any atom is 0.349 e. The lowest BCUT2D eigenvalue weighted by Gasteiger charge is -2.17. The van der Waals surface area contributed by atoms with Crippen LogP contribution in [0, 0.1) is 0 Å². The minimum absolute atomic E-state index is 0.00400. The van der Waals surface area contributed by atoms with Crippen molar-refractivity contribution >= 4 is 16.9 Å². The van der Waals surface area contributed by atoms with E-state index in [9.17, 15) is 9.59 Å². The van der Waals surface area contributed by atoms with Crippen LogP contribution >= 0.6 is 0 Å². The topological polar surface area (TPSA) is 77.1 Å². The number of nitrogens with zero attached hydrogens (tertiary/aromatic N) is 2. The van der Waals surface area contributed by atoms with Crippen LogP contribution in [0.2, 0.25) is 0 Å². The van der Waals surface area contributed by atoms with Crippen LogP contribution in [0.3, 0.4) is 0 Å². The molecule has 0 radical (unpaired) electrons.